The number of amides is 1. The van der Waals surface area contributed by atoms with Gasteiger partial charge in [-0.25, -0.2) is 4.99 Å². The number of hydrogen-bond acceptors (Lipinski definition) is 5. The van der Waals surface area contributed by atoms with Crippen LogP contribution in [0.3, 0.4) is 0 Å². The minimum Gasteiger partial charge on any atom is -0.379 e. The van der Waals surface area contributed by atoms with Gasteiger partial charge in [-0.05, 0) is 31.5 Å². The quantitative estimate of drug-likeness (QED) is 0.373. The van der Waals surface area contributed by atoms with Gasteiger partial charge in [0, 0.05) is 43.5 Å². The van der Waals surface area contributed by atoms with Crippen LogP contribution in [0.5, 0.6) is 0 Å². The van der Waals surface area contributed by atoms with E-state index >= 15 is 0 Å². The van der Waals surface area contributed by atoms with Crippen LogP contribution in [0.25, 0.3) is 0 Å². The second kappa shape index (κ2) is 11.9. The molecule has 2 heterocycles. The summed E-state index contributed by atoms with van der Waals surface area (Å²) < 4.78 is 5.38. The van der Waals surface area contributed by atoms with Gasteiger partial charge in [0.25, 0.3) is 0 Å². The second-order valence-corrected chi connectivity index (χ2v) is 8.02. The predicted molar refractivity (Wildman–Crippen MR) is 111 cm³/mol. The minimum atomic E-state index is -0.00573. The normalized spacial score (nSPS) is 15.6. The number of nitrogens with zero attached hydrogens (tertiary/aromatic N) is 3. The Morgan fingerprint density at radius 2 is 2.00 bits per heavy atom. The fourth-order valence-electron chi connectivity index (χ4n) is 2.67. The average molecular weight is 396 g/mol. The van der Waals surface area contributed by atoms with Crippen LogP contribution < -0.4 is 10.6 Å². The van der Waals surface area contributed by atoms with Crippen molar-refractivity contribution in [3.63, 3.8) is 0 Å². The lowest BCUT2D eigenvalue weighted by Gasteiger charge is -2.26. The molecule has 0 saturated carbocycles. The molecule has 0 bridgehead atoms. The van der Waals surface area contributed by atoms with Crippen molar-refractivity contribution in [1.29, 1.82) is 0 Å². The first kappa shape index (κ1) is 21.7. The van der Waals surface area contributed by atoms with Gasteiger partial charge in [-0.3, -0.25) is 9.69 Å². The Bertz CT molecular complexity index is 597. The Morgan fingerprint density at radius 3 is 2.67 bits per heavy atom. The van der Waals surface area contributed by atoms with E-state index in [2.05, 4.69) is 39.6 Å². The van der Waals surface area contributed by atoms with E-state index < -0.39 is 0 Å². The number of rotatable bonds is 9. The monoisotopic (exact) mass is 395 g/mol. The number of morpholine rings is 1. The topological polar surface area (TPSA) is 69.2 Å². The average Bonchev–Trinajstić information content (AvgIpc) is 3.15. The van der Waals surface area contributed by atoms with Crippen LogP contribution in [0.2, 0.25) is 0 Å². The van der Waals surface area contributed by atoms with E-state index in [1.54, 1.807) is 19.0 Å². The van der Waals surface area contributed by atoms with Crippen LogP contribution in [-0.2, 0) is 22.5 Å². The summed E-state index contributed by atoms with van der Waals surface area (Å²) in [5.74, 6) is 0.687. The van der Waals surface area contributed by atoms with Crippen LogP contribution in [0.15, 0.2) is 17.1 Å². The molecule has 0 unspecified atom stereocenters. The van der Waals surface area contributed by atoms with Gasteiger partial charge in [0.2, 0.25) is 5.91 Å². The van der Waals surface area contributed by atoms with Crippen molar-refractivity contribution in [2.75, 3.05) is 60.0 Å². The second-order valence-electron chi connectivity index (χ2n) is 6.76. The van der Waals surface area contributed by atoms with Crippen molar-refractivity contribution in [2.45, 2.75) is 26.3 Å². The summed E-state index contributed by atoms with van der Waals surface area (Å²) in [6, 6.07) is 4.32. The molecule has 1 aliphatic heterocycles. The zero-order valence-electron chi connectivity index (χ0n) is 16.8. The molecule has 0 aromatic carbocycles. The fourth-order valence-corrected chi connectivity index (χ4v) is 3.57. The van der Waals surface area contributed by atoms with Crippen molar-refractivity contribution in [2.24, 2.45) is 4.99 Å². The van der Waals surface area contributed by atoms with Crippen molar-refractivity contribution in [3.8, 4) is 0 Å². The summed E-state index contributed by atoms with van der Waals surface area (Å²) >= 11 is 1.81. The van der Waals surface area contributed by atoms with Crippen molar-refractivity contribution >= 4 is 23.2 Å². The molecule has 1 aliphatic rings. The van der Waals surface area contributed by atoms with Crippen molar-refractivity contribution < 1.29 is 9.53 Å². The summed E-state index contributed by atoms with van der Waals surface area (Å²) in [6.45, 7) is 8.58. The largest absolute Gasteiger partial charge is 0.379 e. The Labute approximate surface area is 166 Å². The fraction of sp³-hybridized carbons (Fsp3) is 0.684. The van der Waals surface area contributed by atoms with E-state index in [4.69, 9.17) is 4.74 Å². The molecular formula is C19H33N5O2S. The number of carbonyl (C=O) groups excluding carboxylic acids is 1. The maximum absolute atomic E-state index is 11.8. The third-order valence-electron chi connectivity index (χ3n) is 4.41. The highest BCUT2D eigenvalue weighted by atomic mass is 32.1. The third kappa shape index (κ3) is 8.28. The van der Waals surface area contributed by atoms with Gasteiger partial charge in [-0.15, -0.1) is 11.3 Å². The van der Waals surface area contributed by atoms with Gasteiger partial charge >= 0.3 is 0 Å². The molecule has 0 atom stereocenters. The molecule has 1 fully saturated rings. The number of ether oxygens (including phenoxy) is 1. The number of aryl methyl sites for hydroxylation is 1. The smallest absolute Gasteiger partial charge is 0.243 e. The SMILES string of the molecule is CCc1ccc(CNC(=NCC(=O)N(C)C)NCCCN2CCOCC2)s1. The molecule has 2 rings (SSSR count). The van der Waals surface area contributed by atoms with Crippen LogP contribution in [0, 0.1) is 0 Å². The molecule has 0 aliphatic carbocycles. The standard InChI is InChI=1S/C19H33N5O2S/c1-4-16-6-7-17(27-16)14-21-19(22-15-18(25)23(2)3)20-8-5-9-24-10-12-26-13-11-24/h6-7H,4-5,8-15H2,1-3H3,(H2,20,21,22). The molecule has 0 spiro atoms. The van der Waals surface area contributed by atoms with E-state index in [1.165, 1.54) is 9.75 Å². The summed E-state index contributed by atoms with van der Waals surface area (Å²) in [7, 11) is 3.50. The first-order chi connectivity index (χ1) is 13.1. The third-order valence-corrected chi connectivity index (χ3v) is 5.64. The summed E-state index contributed by atoms with van der Waals surface area (Å²) in [4.78, 5) is 22.9. The molecule has 1 aromatic heterocycles. The minimum absolute atomic E-state index is 0.00573. The van der Waals surface area contributed by atoms with E-state index in [0.29, 0.717) is 5.96 Å². The maximum atomic E-state index is 11.8. The van der Waals surface area contributed by atoms with Crippen LogP contribution >= 0.6 is 11.3 Å². The molecule has 7 nitrogen and oxygen atoms in total. The lowest BCUT2D eigenvalue weighted by molar-refractivity contribution is -0.127. The molecule has 1 amide bonds. The lowest BCUT2D eigenvalue weighted by atomic mass is 10.3. The first-order valence-electron chi connectivity index (χ1n) is 9.68. The Kier molecular flexibility index (Phi) is 9.58. The van der Waals surface area contributed by atoms with Crippen LogP contribution in [0.1, 0.15) is 23.1 Å². The van der Waals surface area contributed by atoms with Crippen LogP contribution in [0.4, 0.5) is 0 Å². The van der Waals surface area contributed by atoms with Crippen LogP contribution in [-0.4, -0.2) is 81.7 Å². The Balaban J connectivity index is 1.80. The zero-order valence-corrected chi connectivity index (χ0v) is 17.6. The number of guanidine groups is 1. The van der Waals surface area contributed by atoms with E-state index in [9.17, 15) is 4.79 Å². The number of carbonyl (C=O) groups is 1. The molecule has 152 valence electrons. The molecule has 27 heavy (non-hydrogen) atoms. The number of likely N-dealkylation sites (N-methyl/N-ethyl adjacent to an activating group) is 1. The van der Waals surface area contributed by atoms with Gasteiger partial charge in [0.15, 0.2) is 5.96 Å². The highest BCUT2D eigenvalue weighted by Gasteiger charge is 2.10. The number of thiophene rings is 1. The number of nitrogens with one attached hydrogen (secondary N) is 2. The molecule has 0 radical (unpaired) electrons. The molecule has 2 N–H and O–H groups in total. The van der Waals surface area contributed by atoms with E-state index in [-0.39, 0.29) is 12.5 Å². The molecule has 1 saturated heterocycles. The zero-order chi connectivity index (χ0) is 19.5. The van der Waals surface area contributed by atoms with Crippen molar-refractivity contribution in [3.05, 3.63) is 21.9 Å². The van der Waals surface area contributed by atoms with Gasteiger partial charge in [-0.2, -0.15) is 0 Å². The molecule has 1 aromatic rings. The lowest BCUT2D eigenvalue weighted by Crippen LogP contribution is -2.41. The molecular weight excluding hydrogens is 362 g/mol. The maximum Gasteiger partial charge on any atom is 0.243 e. The van der Waals surface area contributed by atoms with Gasteiger partial charge in [0.1, 0.15) is 6.54 Å². The van der Waals surface area contributed by atoms with Gasteiger partial charge in [0.05, 0.1) is 19.8 Å². The van der Waals surface area contributed by atoms with Crippen molar-refractivity contribution in [1.82, 2.24) is 20.4 Å². The molecule has 8 heteroatoms. The van der Waals surface area contributed by atoms with Gasteiger partial charge < -0.3 is 20.3 Å². The Hall–Kier alpha value is -1.64. The first-order valence-corrected chi connectivity index (χ1v) is 10.5. The number of aliphatic imine (C=N–C) groups is 1. The van der Waals surface area contributed by atoms with Gasteiger partial charge in [-0.1, -0.05) is 6.92 Å². The summed E-state index contributed by atoms with van der Waals surface area (Å²) in [6.07, 6.45) is 2.09. The van der Waals surface area contributed by atoms with E-state index in [1.807, 2.05) is 11.3 Å². The summed E-state index contributed by atoms with van der Waals surface area (Å²) in [5.41, 5.74) is 0. The number of hydrogen-bond donors (Lipinski definition) is 2. The highest BCUT2D eigenvalue weighted by molar-refractivity contribution is 7.11. The Morgan fingerprint density at radius 1 is 1.26 bits per heavy atom. The highest BCUT2D eigenvalue weighted by Crippen LogP contribution is 2.16. The predicted octanol–water partition coefficient (Wildman–Crippen LogP) is 1.16. The summed E-state index contributed by atoms with van der Waals surface area (Å²) in [5, 5.41) is 6.71. The van der Waals surface area contributed by atoms with E-state index in [0.717, 1.165) is 58.8 Å².